The van der Waals surface area contributed by atoms with Gasteiger partial charge >= 0.3 is 0 Å². The Hall–Kier alpha value is -0.680. The summed E-state index contributed by atoms with van der Waals surface area (Å²) in [7, 11) is 1.88. The van der Waals surface area contributed by atoms with Crippen molar-refractivity contribution < 1.29 is 0 Å². The van der Waals surface area contributed by atoms with E-state index in [0.29, 0.717) is 0 Å². The molecule has 5 heteroatoms. The van der Waals surface area contributed by atoms with E-state index >= 15 is 0 Å². The van der Waals surface area contributed by atoms with Crippen LogP contribution < -0.4 is 5.32 Å². The fourth-order valence-corrected chi connectivity index (χ4v) is 2.43. The maximum Gasteiger partial charge on any atom is 0.205 e. The van der Waals surface area contributed by atoms with Gasteiger partial charge in [0.05, 0.1) is 6.54 Å². The lowest BCUT2D eigenvalue weighted by Gasteiger charge is -2.18. The Morgan fingerprint density at radius 2 is 2.27 bits per heavy atom. The number of hydrogen-bond acceptors (Lipinski definition) is 5. The highest BCUT2D eigenvalue weighted by molar-refractivity contribution is 7.15. The summed E-state index contributed by atoms with van der Waals surface area (Å²) in [6, 6.07) is 0.812. The predicted octanol–water partition coefficient (Wildman–Crippen LogP) is 1.95. The van der Waals surface area contributed by atoms with Crippen molar-refractivity contribution in [3.8, 4) is 0 Å². The van der Waals surface area contributed by atoms with Crippen LogP contribution in [-0.2, 0) is 6.54 Å². The van der Waals surface area contributed by atoms with Crippen LogP contribution in [0.5, 0.6) is 0 Å². The number of hydrogen-bond donors (Lipinski definition) is 1. The predicted molar refractivity (Wildman–Crippen MR) is 63.2 cm³/mol. The number of aromatic nitrogens is 2. The number of nitrogens with zero attached hydrogens (tertiary/aromatic N) is 3. The van der Waals surface area contributed by atoms with E-state index in [2.05, 4.69) is 27.3 Å². The summed E-state index contributed by atoms with van der Waals surface area (Å²) >= 11 is 1.66. The van der Waals surface area contributed by atoms with Crippen LogP contribution in [0.3, 0.4) is 0 Å². The van der Waals surface area contributed by atoms with Crippen molar-refractivity contribution >= 4 is 16.5 Å². The third-order valence-electron chi connectivity index (χ3n) is 2.59. The van der Waals surface area contributed by atoms with Crippen LogP contribution in [0.15, 0.2) is 0 Å². The smallest absolute Gasteiger partial charge is 0.205 e. The molecule has 4 nitrogen and oxygen atoms in total. The summed E-state index contributed by atoms with van der Waals surface area (Å²) in [5.74, 6) is 0. The van der Waals surface area contributed by atoms with E-state index in [1.165, 1.54) is 25.8 Å². The maximum atomic E-state index is 4.18. The van der Waals surface area contributed by atoms with Gasteiger partial charge in [-0.15, -0.1) is 10.2 Å². The lowest BCUT2D eigenvalue weighted by Crippen LogP contribution is -2.26. The van der Waals surface area contributed by atoms with Crippen molar-refractivity contribution in [2.75, 3.05) is 18.9 Å². The molecule has 0 amide bonds. The second-order valence-corrected chi connectivity index (χ2v) is 5.01. The molecule has 0 atom stereocenters. The summed E-state index contributed by atoms with van der Waals surface area (Å²) in [6.07, 6.45) is 3.93. The zero-order valence-electron chi connectivity index (χ0n) is 9.36. The molecule has 1 aromatic heterocycles. The molecule has 15 heavy (non-hydrogen) atoms. The summed E-state index contributed by atoms with van der Waals surface area (Å²) in [5, 5.41) is 13.3. The first-order chi connectivity index (χ1) is 7.33. The molecule has 0 saturated heterocycles. The Kier molecular flexibility index (Phi) is 3.53. The van der Waals surface area contributed by atoms with Crippen LogP contribution in [0, 0.1) is 0 Å². The van der Waals surface area contributed by atoms with Crippen LogP contribution >= 0.6 is 11.3 Å². The van der Waals surface area contributed by atoms with Crippen LogP contribution in [0.4, 0.5) is 5.13 Å². The molecule has 0 aromatic carbocycles. The van der Waals surface area contributed by atoms with Gasteiger partial charge in [-0.1, -0.05) is 18.3 Å². The van der Waals surface area contributed by atoms with Gasteiger partial charge in [0.2, 0.25) is 5.13 Å². The van der Waals surface area contributed by atoms with Crippen LogP contribution in [0.25, 0.3) is 0 Å². The fourth-order valence-electron chi connectivity index (χ4n) is 1.71. The van der Waals surface area contributed by atoms with E-state index in [4.69, 9.17) is 0 Å². The van der Waals surface area contributed by atoms with Crippen molar-refractivity contribution in [2.24, 2.45) is 0 Å². The van der Waals surface area contributed by atoms with Crippen LogP contribution in [-0.4, -0.2) is 34.7 Å². The van der Waals surface area contributed by atoms with Gasteiger partial charge in [0.25, 0.3) is 0 Å². The Balaban J connectivity index is 1.92. The highest BCUT2D eigenvalue weighted by atomic mass is 32.1. The molecule has 0 spiro atoms. The standard InChI is InChI=1S/C10H18N4S/c1-3-6-14(8-4-5-8)7-9-12-13-10(11-2)15-9/h8H,3-7H2,1-2H3,(H,11,13). The molecule has 1 saturated carbocycles. The first-order valence-corrected chi connectivity index (χ1v) is 6.39. The Bertz CT molecular complexity index is 308. The molecule has 1 N–H and O–H groups in total. The molecule has 1 heterocycles. The van der Waals surface area contributed by atoms with E-state index in [0.717, 1.165) is 22.7 Å². The van der Waals surface area contributed by atoms with E-state index in [-0.39, 0.29) is 0 Å². The Morgan fingerprint density at radius 1 is 1.47 bits per heavy atom. The zero-order valence-corrected chi connectivity index (χ0v) is 10.2. The summed E-state index contributed by atoms with van der Waals surface area (Å²) < 4.78 is 0. The molecule has 1 aliphatic carbocycles. The van der Waals surface area contributed by atoms with Gasteiger partial charge in [-0.2, -0.15) is 0 Å². The van der Waals surface area contributed by atoms with Gasteiger partial charge in [-0.3, -0.25) is 4.90 Å². The van der Waals surface area contributed by atoms with Crippen molar-refractivity contribution in [2.45, 2.75) is 38.8 Å². The van der Waals surface area contributed by atoms with Gasteiger partial charge in [0.15, 0.2) is 0 Å². The average molecular weight is 226 g/mol. The molecule has 0 bridgehead atoms. The van der Waals surface area contributed by atoms with E-state index in [9.17, 15) is 0 Å². The lowest BCUT2D eigenvalue weighted by molar-refractivity contribution is 0.254. The summed E-state index contributed by atoms with van der Waals surface area (Å²) in [5.41, 5.74) is 0. The first-order valence-electron chi connectivity index (χ1n) is 5.57. The van der Waals surface area contributed by atoms with Gasteiger partial charge in [0.1, 0.15) is 5.01 Å². The van der Waals surface area contributed by atoms with Gasteiger partial charge < -0.3 is 5.32 Å². The molecule has 0 radical (unpaired) electrons. The highest BCUT2D eigenvalue weighted by Gasteiger charge is 2.28. The second-order valence-electron chi connectivity index (χ2n) is 3.95. The molecular formula is C10H18N4S. The lowest BCUT2D eigenvalue weighted by atomic mass is 10.4. The molecule has 84 valence electrons. The molecule has 1 aromatic rings. The van der Waals surface area contributed by atoms with Crippen LogP contribution in [0.2, 0.25) is 0 Å². The number of anilines is 1. The van der Waals surface area contributed by atoms with E-state index < -0.39 is 0 Å². The molecule has 1 fully saturated rings. The van der Waals surface area contributed by atoms with Crippen LogP contribution in [0.1, 0.15) is 31.2 Å². The summed E-state index contributed by atoms with van der Waals surface area (Å²) in [4.78, 5) is 2.53. The highest BCUT2D eigenvalue weighted by Crippen LogP contribution is 2.29. The summed E-state index contributed by atoms with van der Waals surface area (Å²) in [6.45, 7) is 4.38. The van der Waals surface area contributed by atoms with Crippen molar-refractivity contribution in [1.29, 1.82) is 0 Å². The topological polar surface area (TPSA) is 41.1 Å². The molecule has 0 unspecified atom stereocenters. The zero-order chi connectivity index (χ0) is 10.7. The molecule has 2 rings (SSSR count). The monoisotopic (exact) mass is 226 g/mol. The van der Waals surface area contributed by atoms with Crippen molar-refractivity contribution in [3.05, 3.63) is 5.01 Å². The largest absolute Gasteiger partial charge is 0.363 e. The van der Waals surface area contributed by atoms with Crippen molar-refractivity contribution in [1.82, 2.24) is 15.1 Å². The van der Waals surface area contributed by atoms with E-state index in [1.807, 2.05) is 7.05 Å². The molecular weight excluding hydrogens is 208 g/mol. The SMILES string of the molecule is CCCN(Cc1nnc(NC)s1)C1CC1. The quantitative estimate of drug-likeness (QED) is 0.805. The third kappa shape index (κ3) is 2.89. The Morgan fingerprint density at radius 3 is 2.80 bits per heavy atom. The minimum absolute atomic E-state index is 0.812. The average Bonchev–Trinajstić information content (AvgIpc) is 2.99. The second kappa shape index (κ2) is 4.90. The third-order valence-corrected chi connectivity index (χ3v) is 3.52. The Labute approximate surface area is 94.7 Å². The number of nitrogens with one attached hydrogen (secondary N) is 1. The van der Waals surface area contributed by atoms with Gasteiger partial charge in [-0.25, -0.2) is 0 Å². The minimum Gasteiger partial charge on any atom is -0.363 e. The minimum atomic E-state index is 0.812. The number of rotatable bonds is 6. The first kappa shape index (κ1) is 10.8. The van der Waals surface area contributed by atoms with E-state index in [1.54, 1.807) is 11.3 Å². The molecule has 0 aliphatic heterocycles. The van der Waals surface area contributed by atoms with Gasteiger partial charge in [0, 0.05) is 13.1 Å². The fraction of sp³-hybridized carbons (Fsp3) is 0.800. The van der Waals surface area contributed by atoms with Gasteiger partial charge in [-0.05, 0) is 25.8 Å². The van der Waals surface area contributed by atoms with Crippen molar-refractivity contribution in [3.63, 3.8) is 0 Å². The maximum absolute atomic E-state index is 4.18. The normalized spacial score (nSPS) is 15.9. The molecule has 1 aliphatic rings.